The summed E-state index contributed by atoms with van der Waals surface area (Å²) in [5.74, 6) is 0.0897. The average molecular weight is 443 g/mol. The second-order valence-corrected chi connectivity index (χ2v) is 8.74. The van der Waals surface area contributed by atoms with Crippen LogP contribution in [0.2, 0.25) is 0 Å². The van der Waals surface area contributed by atoms with Gasteiger partial charge in [0, 0.05) is 0 Å². The third-order valence-electron chi connectivity index (χ3n) is 4.89. The number of benzene rings is 2. The minimum Gasteiger partial charge on any atom is -0.871 e. The summed E-state index contributed by atoms with van der Waals surface area (Å²) in [4.78, 5) is -0.530. The molecule has 0 spiro atoms. The number of hydrogen-bond donors (Lipinski definition) is 1. The molecule has 0 saturated heterocycles. The Morgan fingerprint density at radius 3 is 2.00 bits per heavy atom. The van der Waals surface area contributed by atoms with Crippen LogP contribution in [0.15, 0.2) is 47.4 Å². The van der Waals surface area contributed by atoms with Crippen LogP contribution in [0, 0.1) is 0 Å². The monoisotopic (exact) mass is 442 g/mol. The van der Waals surface area contributed by atoms with E-state index in [9.17, 15) is 18.1 Å². The van der Waals surface area contributed by atoms with Crippen LogP contribution in [0.25, 0.3) is 0 Å². The maximum absolute atomic E-state index is 12.3. The summed E-state index contributed by atoms with van der Waals surface area (Å²) in [5, 5.41) is 12.3. The number of unbranched alkanes of at least 4 members (excludes halogenated alkanes) is 8. The van der Waals surface area contributed by atoms with Crippen molar-refractivity contribution in [2.45, 2.75) is 76.0 Å². The summed E-state index contributed by atoms with van der Waals surface area (Å²) in [7, 11) is -4.58. The summed E-state index contributed by atoms with van der Waals surface area (Å²) >= 11 is 0. The van der Waals surface area contributed by atoms with Gasteiger partial charge in [0.2, 0.25) is 0 Å². The normalized spacial score (nSPS) is 11.1. The molecule has 2 aromatic rings. The molecule has 2 aromatic carbocycles. The zero-order valence-corrected chi connectivity index (χ0v) is 20.9. The molecule has 0 aliphatic rings. The predicted octanol–water partition coefficient (Wildman–Crippen LogP) is 2.88. The van der Waals surface area contributed by atoms with Crippen LogP contribution in [-0.4, -0.2) is 13.0 Å². The van der Waals surface area contributed by atoms with Crippen LogP contribution in [-0.2, 0) is 16.5 Å². The molecular formula is C23H31NaO5S. The molecule has 0 radical (unpaired) electrons. The Labute approximate surface area is 202 Å². The zero-order chi connectivity index (χ0) is 21.1. The molecule has 0 aromatic heterocycles. The third kappa shape index (κ3) is 9.40. The van der Waals surface area contributed by atoms with Gasteiger partial charge in [0.15, 0.2) is 0 Å². The number of rotatable bonds is 13. The first-order valence-electron chi connectivity index (χ1n) is 10.5. The Morgan fingerprint density at radius 1 is 0.867 bits per heavy atom. The van der Waals surface area contributed by atoms with Crippen molar-refractivity contribution in [3.8, 4) is 17.2 Å². The van der Waals surface area contributed by atoms with E-state index in [2.05, 4.69) is 6.92 Å². The Hall–Kier alpha value is -1.05. The molecule has 7 heteroatoms. The van der Waals surface area contributed by atoms with Gasteiger partial charge in [-0.3, -0.25) is 4.55 Å². The Kier molecular flexibility index (Phi) is 12.7. The van der Waals surface area contributed by atoms with Crippen molar-refractivity contribution in [1.29, 1.82) is 0 Å². The third-order valence-corrected chi connectivity index (χ3v) is 5.87. The summed E-state index contributed by atoms with van der Waals surface area (Å²) in [6.45, 7) is 2.20. The van der Waals surface area contributed by atoms with E-state index in [0.29, 0.717) is 17.7 Å². The van der Waals surface area contributed by atoms with Gasteiger partial charge >= 0.3 is 29.6 Å². The topological polar surface area (TPSA) is 86.7 Å². The fourth-order valence-electron chi connectivity index (χ4n) is 3.42. The molecule has 0 amide bonds. The van der Waals surface area contributed by atoms with E-state index in [-0.39, 0.29) is 35.3 Å². The van der Waals surface area contributed by atoms with Crippen molar-refractivity contribution in [1.82, 2.24) is 0 Å². The molecule has 0 saturated carbocycles. The molecule has 5 nitrogen and oxygen atoms in total. The second-order valence-electron chi connectivity index (χ2n) is 7.38. The second kappa shape index (κ2) is 14.1. The maximum Gasteiger partial charge on any atom is 1.00 e. The van der Waals surface area contributed by atoms with Gasteiger partial charge in [0.05, 0.1) is 4.90 Å². The van der Waals surface area contributed by atoms with Gasteiger partial charge in [-0.1, -0.05) is 82.2 Å². The maximum atomic E-state index is 12.3. The van der Waals surface area contributed by atoms with Crippen molar-refractivity contribution >= 4 is 10.1 Å². The van der Waals surface area contributed by atoms with Gasteiger partial charge in [-0.05, 0) is 42.7 Å². The Morgan fingerprint density at radius 2 is 1.43 bits per heavy atom. The molecule has 0 bridgehead atoms. The average Bonchev–Trinajstić information content (AvgIpc) is 2.66. The van der Waals surface area contributed by atoms with Crippen LogP contribution in [0.5, 0.6) is 17.2 Å². The van der Waals surface area contributed by atoms with Crippen molar-refractivity contribution in [2.24, 2.45) is 0 Å². The van der Waals surface area contributed by atoms with Crippen molar-refractivity contribution in [2.75, 3.05) is 0 Å². The fourth-order valence-corrected chi connectivity index (χ4v) is 4.23. The largest absolute Gasteiger partial charge is 1.00 e. The van der Waals surface area contributed by atoms with E-state index in [4.69, 9.17) is 4.74 Å². The number of aryl methyl sites for hydroxylation is 1. The minimum absolute atomic E-state index is 0. The minimum atomic E-state index is -4.58. The van der Waals surface area contributed by atoms with E-state index in [1.165, 1.54) is 38.5 Å². The molecule has 160 valence electrons. The quantitative estimate of drug-likeness (QED) is 0.293. The molecule has 0 atom stereocenters. The summed E-state index contributed by atoms with van der Waals surface area (Å²) in [6, 6.07) is 11.6. The molecule has 0 fully saturated rings. The number of para-hydroxylation sites is 1. The van der Waals surface area contributed by atoms with E-state index in [1.807, 2.05) is 18.2 Å². The molecule has 30 heavy (non-hydrogen) atoms. The summed E-state index contributed by atoms with van der Waals surface area (Å²) in [6.07, 6.45) is 10.7. The van der Waals surface area contributed by atoms with Gasteiger partial charge < -0.3 is 9.84 Å². The van der Waals surface area contributed by atoms with E-state index in [0.717, 1.165) is 25.3 Å². The zero-order valence-electron chi connectivity index (χ0n) is 18.1. The Balaban J connectivity index is 0.00000450. The van der Waals surface area contributed by atoms with Gasteiger partial charge in [-0.2, -0.15) is 8.42 Å². The molecule has 0 heterocycles. The van der Waals surface area contributed by atoms with E-state index in [1.54, 1.807) is 18.2 Å². The van der Waals surface area contributed by atoms with Crippen LogP contribution in [0.3, 0.4) is 0 Å². The van der Waals surface area contributed by atoms with Crippen molar-refractivity contribution in [3.05, 3.63) is 48.0 Å². The van der Waals surface area contributed by atoms with Crippen molar-refractivity contribution in [3.63, 3.8) is 0 Å². The first kappa shape index (κ1) is 27.0. The van der Waals surface area contributed by atoms with Gasteiger partial charge in [0.1, 0.15) is 11.5 Å². The first-order valence-corrected chi connectivity index (χ1v) is 11.9. The SMILES string of the molecule is CCCCCCCCCCCc1cc(Oc2ccccc2)cc([O-])c1S(=O)(=O)O.[Na+]. The standard InChI is InChI=1S/C23H32O5S.Na/c1-2-3-4-5-6-7-8-9-11-14-19-17-21(28-20-15-12-10-13-16-20)18-22(24)23(19)29(25,26)27;/h10,12-13,15-18,24H,2-9,11,14H2,1H3,(H,25,26,27);/q;+1/p-1. The summed E-state index contributed by atoms with van der Waals surface area (Å²) < 4.78 is 38.6. The van der Waals surface area contributed by atoms with Gasteiger partial charge in [0.25, 0.3) is 10.1 Å². The number of hydrogen-bond acceptors (Lipinski definition) is 4. The van der Waals surface area contributed by atoms with Crippen LogP contribution in [0.4, 0.5) is 0 Å². The van der Waals surface area contributed by atoms with E-state index >= 15 is 0 Å². The van der Waals surface area contributed by atoms with Gasteiger partial charge in [-0.25, -0.2) is 0 Å². The van der Waals surface area contributed by atoms with Crippen LogP contribution < -0.4 is 39.4 Å². The number of ether oxygens (including phenoxy) is 1. The first-order chi connectivity index (χ1) is 13.9. The van der Waals surface area contributed by atoms with Crippen molar-refractivity contribution < 1.29 is 52.4 Å². The molecule has 0 aliphatic heterocycles. The van der Waals surface area contributed by atoms with Crippen LogP contribution >= 0.6 is 0 Å². The molecule has 2 rings (SSSR count). The van der Waals surface area contributed by atoms with E-state index < -0.39 is 20.8 Å². The summed E-state index contributed by atoms with van der Waals surface area (Å²) in [5.41, 5.74) is 0.314. The predicted molar refractivity (Wildman–Crippen MR) is 113 cm³/mol. The fraction of sp³-hybridized carbons (Fsp3) is 0.478. The smallest absolute Gasteiger partial charge is 0.871 e. The molecular weight excluding hydrogens is 411 g/mol. The molecule has 0 unspecified atom stereocenters. The molecule has 0 aliphatic carbocycles. The Bertz CT molecular complexity index is 853. The van der Waals surface area contributed by atoms with Gasteiger partial charge in [-0.15, -0.1) is 0 Å². The van der Waals surface area contributed by atoms with Crippen LogP contribution in [0.1, 0.15) is 70.3 Å². The molecule has 1 N–H and O–H groups in total.